The van der Waals surface area contributed by atoms with Crippen LogP contribution in [0.1, 0.15) is 23.0 Å². The van der Waals surface area contributed by atoms with Crippen LogP contribution in [-0.2, 0) is 0 Å². The maximum atomic E-state index is 14.3. The average Bonchev–Trinajstić information content (AvgIpc) is 2.52. The van der Waals surface area contributed by atoms with Gasteiger partial charge in [0.05, 0.1) is 11.1 Å². The van der Waals surface area contributed by atoms with Crippen LogP contribution in [0.5, 0.6) is 0 Å². The summed E-state index contributed by atoms with van der Waals surface area (Å²) < 4.78 is 41.8. The standard InChI is InChI=1S/C19H14F3N3O/c1-9-5-14(18-15(21)7-12(20)8-16(18)22)13-6-11(3-4-17(13)24-9)19(26)25-10(2)23/h3-8H,1-2H3,(H2,23,25,26). The van der Waals surface area contributed by atoms with Gasteiger partial charge in [-0.3, -0.25) is 9.78 Å². The lowest BCUT2D eigenvalue weighted by atomic mass is 9.97. The Bertz CT molecular complexity index is 1050. The first kappa shape index (κ1) is 17.6. The van der Waals surface area contributed by atoms with E-state index in [0.717, 1.165) is 0 Å². The third-order valence-corrected chi connectivity index (χ3v) is 3.74. The molecule has 132 valence electrons. The third-order valence-electron chi connectivity index (χ3n) is 3.74. The number of aromatic nitrogens is 1. The Morgan fingerprint density at radius 1 is 1.08 bits per heavy atom. The third kappa shape index (κ3) is 3.28. The van der Waals surface area contributed by atoms with Crippen LogP contribution < -0.4 is 5.73 Å². The van der Waals surface area contributed by atoms with Gasteiger partial charge in [-0.1, -0.05) is 0 Å². The highest BCUT2D eigenvalue weighted by Crippen LogP contribution is 2.33. The van der Waals surface area contributed by atoms with Gasteiger partial charge in [0.15, 0.2) is 0 Å². The molecule has 3 rings (SSSR count). The second-order valence-corrected chi connectivity index (χ2v) is 5.85. The zero-order chi connectivity index (χ0) is 19.0. The molecular weight excluding hydrogens is 343 g/mol. The lowest BCUT2D eigenvalue weighted by Crippen LogP contribution is -2.09. The summed E-state index contributed by atoms with van der Waals surface area (Å²) in [7, 11) is 0. The quantitative estimate of drug-likeness (QED) is 0.553. The molecule has 4 nitrogen and oxygen atoms in total. The smallest absolute Gasteiger partial charge is 0.278 e. The van der Waals surface area contributed by atoms with E-state index in [4.69, 9.17) is 5.73 Å². The summed E-state index contributed by atoms with van der Waals surface area (Å²) in [6.07, 6.45) is 0. The number of aryl methyl sites for hydroxylation is 1. The van der Waals surface area contributed by atoms with E-state index in [1.807, 2.05) is 0 Å². The molecule has 3 aromatic rings. The molecule has 1 amide bonds. The molecular formula is C19H14F3N3O. The monoisotopic (exact) mass is 357 g/mol. The van der Waals surface area contributed by atoms with E-state index < -0.39 is 23.4 Å². The maximum absolute atomic E-state index is 14.3. The largest absolute Gasteiger partial charge is 0.387 e. The molecule has 0 fully saturated rings. The van der Waals surface area contributed by atoms with Crippen molar-refractivity contribution in [3.8, 4) is 11.1 Å². The van der Waals surface area contributed by atoms with Gasteiger partial charge in [0.25, 0.3) is 5.91 Å². The topological polar surface area (TPSA) is 68.3 Å². The normalized spacial score (nSPS) is 11.8. The highest BCUT2D eigenvalue weighted by molar-refractivity contribution is 6.06. The van der Waals surface area contributed by atoms with Crippen LogP contribution in [0, 0.1) is 24.4 Å². The number of carbonyl (C=O) groups excluding carboxylic acids is 1. The van der Waals surface area contributed by atoms with Crippen LogP contribution in [0.25, 0.3) is 22.0 Å². The Kier molecular flexibility index (Phi) is 4.46. The molecule has 26 heavy (non-hydrogen) atoms. The van der Waals surface area contributed by atoms with Crippen molar-refractivity contribution in [2.45, 2.75) is 13.8 Å². The lowest BCUT2D eigenvalue weighted by molar-refractivity contribution is 0.100. The van der Waals surface area contributed by atoms with E-state index >= 15 is 0 Å². The van der Waals surface area contributed by atoms with Crippen molar-refractivity contribution in [1.82, 2.24) is 4.98 Å². The van der Waals surface area contributed by atoms with Crippen LogP contribution in [0.2, 0.25) is 0 Å². The van der Waals surface area contributed by atoms with Crippen molar-refractivity contribution in [2.75, 3.05) is 0 Å². The van der Waals surface area contributed by atoms with Crippen molar-refractivity contribution in [3.63, 3.8) is 0 Å². The minimum atomic E-state index is -1.04. The molecule has 0 aliphatic rings. The average molecular weight is 357 g/mol. The van der Waals surface area contributed by atoms with Gasteiger partial charge in [-0.15, -0.1) is 0 Å². The Balaban J connectivity index is 2.32. The van der Waals surface area contributed by atoms with E-state index in [9.17, 15) is 18.0 Å². The molecule has 0 aliphatic heterocycles. The van der Waals surface area contributed by atoms with Gasteiger partial charge in [0.2, 0.25) is 0 Å². The molecule has 0 saturated carbocycles. The van der Waals surface area contributed by atoms with Crippen LogP contribution in [0.15, 0.2) is 41.4 Å². The molecule has 0 unspecified atom stereocenters. The molecule has 2 aromatic carbocycles. The fourth-order valence-electron chi connectivity index (χ4n) is 2.72. The van der Waals surface area contributed by atoms with Crippen molar-refractivity contribution in [1.29, 1.82) is 0 Å². The van der Waals surface area contributed by atoms with E-state index in [2.05, 4.69) is 9.98 Å². The number of benzene rings is 2. The summed E-state index contributed by atoms with van der Waals surface area (Å²) in [5, 5.41) is 0.343. The van der Waals surface area contributed by atoms with Crippen LogP contribution >= 0.6 is 0 Å². The number of aliphatic imine (C=N–C) groups is 1. The van der Waals surface area contributed by atoms with Gasteiger partial charge in [-0.2, -0.15) is 4.99 Å². The number of carbonyl (C=O) groups is 1. The van der Waals surface area contributed by atoms with E-state index in [0.29, 0.717) is 28.7 Å². The fourth-order valence-corrected chi connectivity index (χ4v) is 2.72. The first-order valence-electron chi connectivity index (χ1n) is 7.67. The predicted molar refractivity (Wildman–Crippen MR) is 93.4 cm³/mol. The van der Waals surface area contributed by atoms with Gasteiger partial charge in [0, 0.05) is 28.8 Å². The van der Waals surface area contributed by atoms with Gasteiger partial charge in [-0.05, 0) is 43.7 Å². The molecule has 1 aromatic heterocycles. The number of rotatable bonds is 2. The van der Waals surface area contributed by atoms with E-state index in [1.54, 1.807) is 13.0 Å². The van der Waals surface area contributed by atoms with Gasteiger partial charge >= 0.3 is 0 Å². The van der Waals surface area contributed by atoms with Crippen LogP contribution in [-0.4, -0.2) is 16.7 Å². The van der Waals surface area contributed by atoms with Gasteiger partial charge in [0.1, 0.15) is 23.3 Å². The highest BCUT2D eigenvalue weighted by Gasteiger charge is 2.18. The SMILES string of the molecule is C/C(N)=N\C(=O)c1ccc2nc(C)cc(-c3c(F)cc(F)cc3F)c2c1. The van der Waals surface area contributed by atoms with Crippen molar-refractivity contribution in [2.24, 2.45) is 10.7 Å². The number of amides is 1. The number of nitrogens with zero attached hydrogens (tertiary/aromatic N) is 2. The number of hydrogen-bond donors (Lipinski definition) is 1. The lowest BCUT2D eigenvalue weighted by Gasteiger charge is -2.11. The summed E-state index contributed by atoms with van der Waals surface area (Å²) in [5.74, 6) is -3.59. The number of nitrogens with two attached hydrogens (primary N) is 1. The molecule has 7 heteroatoms. The number of amidine groups is 1. The Morgan fingerprint density at radius 2 is 1.73 bits per heavy atom. The summed E-state index contributed by atoms with van der Waals surface area (Å²) in [5.41, 5.74) is 6.36. The Morgan fingerprint density at radius 3 is 2.35 bits per heavy atom. The zero-order valence-corrected chi connectivity index (χ0v) is 14.0. The molecule has 0 atom stereocenters. The Hall–Kier alpha value is -3.22. The highest BCUT2D eigenvalue weighted by atomic mass is 19.1. The van der Waals surface area contributed by atoms with Crippen molar-refractivity contribution >= 4 is 22.6 Å². The van der Waals surface area contributed by atoms with Crippen molar-refractivity contribution in [3.05, 3.63) is 65.1 Å². The molecule has 0 aliphatic carbocycles. The number of pyridine rings is 1. The summed E-state index contributed by atoms with van der Waals surface area (Å²) in [6, 6.07) is 7.19. The molecule has 2 N–H and O–H groups in total. The minimum absolute atomic E-state index is 0.0907. The molecule has 0 bridgehead atoms. The molecule has 0 saturated heterocycles. The Labute approximate surface area is 147 Å². The fraction of sp³-hybridized carbons (Fsp3) is 0.105. The predicted octanol–water partition coefficient (Wildman–Crippen LogP) is 4.14. The molecule has 0 spiro atoms. The van der Waals surface area contributed by atoms with Gasteiger partial charge < -0.3 is 5.73 Å². The minimum Gasteiger partial charge on any atom is -0.387 e. The number of hydrogen-bond acceptors (Lipinski definition) is 2. The summed E-state index contributed by atoms with van der Waals surface area (Å²) in [4.78, 5) is 20.1. The second-order valence-electron chi connectivity index (χ2n) is 5.85. The van der Waals surface area contributed by atoms with Crippen LogP contribution in [0.3, 0.4) is 0 Å². The number of fused-ring (bicyclic) bond motifs is 1. The zero-order valence-electron chi connectivity index (χ0n) is 14.0. The van der Waals surface area contributed by atoms with E-state index in [-0.39, 0.29) is 22.5 Å². The molecule has 0 radical (unpaired) electrons. The summed E-state index contributed by atoms with van der Waals surface area (Å²) in [6.45, 7) is 3.14. The molecule has 1 heterocycles. The first-order valence-corrected chi connectivity index (χ1v) is 7.67. The second kappa shape index (κ2) is 6.59. The summed E-state index contributed by atoms with van der Waals surface area (Å²) >= 11 is 0. The van der Waals surface area contributed by atoms with E-state index in [1.165, 1.54) is 25.1 Å². The van der Waals surface area contributed by atoms with Gasteiger partial charge in [-0.25, -0.2) is 13.2 Å². The number of halogens is 3. The van der Waals surface area contributed by atoms with Crippen LogP contribution in [0.4, 0.5) is 13.2 Å². The first-order chi connectivity index (χ1) is 12.3. The van der Waals surface area contributed by atoms with Crippen molar-refractivity contribution < 1.29 is 18.0 Å². The maximum Gasteiger partial charge on any atom is 0.278 e.